The number of hydrogen-bond donors (Lipinski definition) is 0. The molecule has 0 atom stereocenters. The molecule has 2 aromatic rings. The predicted octanol–water partition coefficient (Wildman–Crippen LogP) is 0.993. The van der Waals surface area contributed by atoms with E-state index in [1.165, 1.54) is 11.4 Å². The average Bonchev–Trinajstić information content (AvgIpc) is 2.78. The Morgan fingerprint density at radius 3 is 1.16 bits per heavy atom. The fourth-order valence-corrected chi connectivity index (χ4v) is 1.69. The number of aryl methyl sites for hydroxylation is 4. The summed E-state index contributed by atoms with van der Waals surface area (Å²) in [5, 5.41) is 8.48. The summed E-state index contributed by atoms with van der Waals surface area (Å²) in [7, 11) is -4.25. The first-order chi connectivity index (χ1) is 11.1. The van der Waals surface area contributed by atoms with Gasteiger partial charge in [0.15, 0.2) is 23.8 Å². The van der Waals surface area contributed by atoms with Crippen LogP contribution in [0.25, 0.3) is 0 Å². The Kier molecular flexibility index (Phi) is 8.05. The van der Waals surface area contributed by atoms with Gasteiger partial charge in [0.1, 0.15) is 28.2 Å². The van der Waals surface area contributed by atoms with Gasteiger partial charge in [-0.05, 0) is 0 Å². The Bertz CT molecular complexity index is 596. The molecule has 0 fully saturated rings. The van der Waals surface area contributed by atoms with Crippen molar-refractivity contribution < 1.29 is 43.9 Å². The molecule has 0 saturated heterocycles. The summed E-state index contributed by atoms with van der Waals surface area (Å²) < 4.78 is 85.4. The van der Waals surface area contributed by atoms with Crippen molar-refractivity contribution in [3.05, 3.63) is 23.8 Å². The quantitative estimate of drug-likeness (QED) is 0.442. The molecule has 0 radical (unpaired) electrons. The van der Waals surface area contributed by atoms with E-state index >= 15 is 0 Å². The van der Waals surface area contributed by atoms with E-state index < -0.39 is 14.5 Å². The van der Waals surface area contributed by atoms with Gasteiger partial charge in [0.05, 0.1) is 16.8 Å². The third-order valence-electron chi connectivity index (χ3n) is 2.42. The van der Waals surface area contributed by atoms with Gasteiger partial charge in [0.25, 0.3) is 0 Å². The highest BCUT2D eigenvalue weighted by molar-refractivity contribution is 6.50. The number of aromatic nitrogens is 6. The zero-order chi connectivity index (χ0) is 20.0. The highest BCUT2D eigenvalue weighted by Gasteiger charge is 2.21. The van der Waals surface area contributed by atoms with E-state index in [1.54, 1.807) is 0 Å². The molecule has 0 aromatic carbocycles. The van der Waals surface area contributed by atoms with E-state index in [2.05, 4.69) is 10.4 Å². The molecule has 0 N–H and O–H groups in total. The highest BCUT2D eigenvalue weighted by Crippen LogP contribution is 2.07. The molecule has 0 bridgehead atoms. The molecule has 144 valence electrons. The first kappa shape index (κ1) is 22.8. The van der Waals surface area contributed by atoms with Crippen molar-refractivity contribution in [3.63, 3.8) is 0 Å². The first-order valence-electron chi connectivity index (χ1n) is 6.58. The lowest BCUT2D eigenvalue weighted by atomic mass is 10.2. The lowest BCUT2D eigenvalue weighted by Gasteiger charge is -1.94. The van der Waals surface area contributed by atoms with E-state index in [4.69, 9.17) is 0 Å². The van der Waals surface area contributed by atoms with Gasteiger partial charge in [0, 0.05) is 0 Å². The number of hydrogen-bond acceptors (Lipinski definition) is 2. The van der Waals surface area contributed by atoms with Crippen LogP contribution in [-0.4, -0.2) is 34.3 Å². The van der Waals surface area contributed by atoms with Crippen molar-refractivity contribution >= 4 is 14.5 Å². The number of rotatable bonds is 2. The fraction of sp³-hybridized carbons (Fsp3) is 0.556. The van der Waals surface area contributed by atoms with E-state index in [9.17, 15) is 34.5 Å². The topological polar surface area (TPSA) is 43.4 Å². The fourth-order valence-electron chi connectivity index (χ4n) is 1.69. The Morgan fingerprint density at radius 1 is 0.760 bits per heavy atom. The Labute approximate surface area is 137 Å². The van der Waals surface area contributed by atoms with Gasteiger partial charge in [-0.2, -0.15) is 0 Å². The molecular formula is C9H16B2F8N6. The van der Waals surface area contributed by atoms with Crippen LogP contribution >= 0.6 is 0 Å². The summed E-state index contributed by atoms with van der Waals surface area (Å²) in [6, 6.07) is 0. The third kappa shape index (κ3) is 12.9. The molecule has 0 saturated carbocycles. The third-order valence-corrected chi connectivity index (χ3v) is 2.42. The van der Waals surface area contributed by atoms with Crippen LogP contribution < -0.4 is 9.36 Å². The van der Waals surface area contributed by atoms with Gasteiger partial charge in [0.2, 0.25) is 0 Å². The monoisotopic (exact) mass is 382 g/mol. The lowest BCUT2D eigenvalue weighted by Crippen LogP contribution is -2.29. The second-order valence-electron chi connectivity index (χ2n) is 4.78. The molecule has 2 heterocycles. The van der Waals surface area contributed by atoms with Crippen molar-refractivity contribution in [1.82, 2.24) is 19.8 Å². The van der Waals surface area contributed by atoms with Gasteiger partial charge in [-0.15, -0.1) is 18.7 Å². The molecule has 16 heteroatoms. The minimum atomic E-state index is -6.00. The van der Waals surface area contributed by atoms with Crippen molar-refractivity contribution in [2.45, 2.75) is 6.42 Å². The SMILES string of the molecule is Cn1n[n+](C)cc1Cc1c[n+](C)nn1C.F[B-](F)(F)F.F[B-](F)(F)F. The van der Waals surface area contributed by atoms with E-state index in [0.29, 0.717) is 0 Å². The van der Waals surface area contributed by atoms with Crippen LogP contribution in [-0.2, 0) is 34.6 Å². The average molecular weight is 382 g/mol. The van der Waals surface area contributed by atoms with Crippen molar-refractivity contribution in [1.29, 1.82) is 0 Å². The summed E-state index contributed by atoms with van der Waals surface area (Å²) in [6.45, 7) is 0. The minimum Gasteiger partial charge on any atom is -0.418 e. The van der Waals surface area contributed by atoms with E-state index in [-0.39, 0.29) is 0 Å². The molecular weight excluding hydrogens is 366 g/mol. The summed E-state index contributed by atoms with van der Waals surface area (Å²) in [5.41, 5.74) is 2.34. The van der Waals surface area contributed by atoms with Gasteiger partial charge in [-0.3, -0.25) is 0 Å². The van der Waals surface area contributed by atoms with Gasteiger partial charge in [-0.25, -0.2) is 0 Å². The maximum atomic E-state index is 9.75. The summed E-state index contributed by atoms with van der Waals surface area (Å²) >= 11 is 0. The summed E-state index contributed by atoms with van der Waals surface area (Å²) in [6.07, 6.45) is 4.88. The maximum absolute atomic E-state index is 9.75. The second-order valence-corrected chi connectivity index (χ2v) is 4.78. The van der Waals surface area contributed by atoms with Crippen LogP contribution in [0.2, 0.25) is 0 Å². The summed E-state index contributed by atoms with van der Waals surface area (Å²) in [5.74, 6) is 0. The molecule has 0 spiro atoms. The highest BCUT2D eigenvalue weighted by atomic mass is 19.5. The van der Waals surface area contributed by atoms with Crippen LogP contribution in [0.15, 0.2) is 12.4 Å². The van der Waals surface area contributed by atoms with Crippen LogP contribution in [0.3, 0.4) is 0 Å². The smallest absolute Gasteiger partial charge is 0.418 e. The predicted molar refractivity (Wildman–Crippen MR) is 71.9 cm³/mol. The first-order valence-corrected chi connectivity index (χ1v) is 6.58. The molecule has 25 heavy (non-hydrogen) atoms. The molecule has 0 amide bonds. The minimum absolute atomic E-state index is 0.842. The van der Waals surface area contributed by atoms with Crippen LogP contribution in [0.5, 0.6) is 0 Å². The van der Waals surface area contributed by atoms with Crippen LogP contribution in [0.1, 0.15) is 11.4 Å². The number of nitrogens with zero attached hydrogens (tertiary/aromatic N) is 6. The van der Waals surface area contributed by atoms with E-state index in [0.717, 1.165) is 6.42 Å². The maximum Gasteiger partial charge on any atom is 0.673 e. The zero-order valence-corrected chi connectivity index (χ0v) is 13.7. The summed E-state index contributed by atoms with van der Waals surface area (Å²) in [4.78, 5) is 0. The van der Waals surface area contributed by atoms with Gasteiger partial charge >= 0.3 is 14.5 Å². The van der Waals surface area contributed by atoms with Gasteiger partial charge in [-0.1, -0.05) is 0 Å². The molecule has 0 aliphatic carbocycles. The Balaban J connectivity index is 0.000000480. The van der Waals surface area contributed by atoms with Crippen LogP contribution in [0, 0.1) is 0 Å². The van der Waals surface area contributed by atoms with Crippen molar-refractivity contribution in [2.24, 2.45) is 28.2 Å². The molecule has 6 nitrogen and oxygen atoms in total. The van der Waals surface area contributed by atoms with Crippen LogP contribution in [0.4, 0.5) is 34.5 Å². The van der Waals surface area contributed by atoms with E-state index in [1.807, 2.05) is 59.3 Å². The molecule has 0 unspecified atom stereocenters. The Morgan fingerprint density at radius 2 is 1.00 bits per heavy atom. The lowest BCUT2D eigenvalue weighted by molar-refractivity contribution is -0.732. The second kappa shape index (κ2) is 8.80. The largest absolute Gasteiger partial charge is 0.673 e. The number of halogens is 8. The standard InChI is InChI=1S/C9H16N6.2BF4/c1-12-6-8(14(3)10-12)5-9-7-13(2)11-15(9)4;2*2-1(3,4)5/h6-7H,5H2,1-4H3;;/q+2;2*-1. The van der Waals surface area contributed by atoms with Crippen molar-refractivity contribution in [3.8, 4) is 0 Å². The molecule has 0 aliphatic heterocycles. The Hall–Kier alpha value is -2.15. The normalized spacial score (nSPS) is 11.4. The molecule has 2 aromatic heterocycles. The van der Waals surface area contributed by atoms with Crippen molar-refractivity contribution in [2.75, 3.05) is 0 Å². The molecule has 2 rings (SSSR count). The zero-order valence-electron chi connectivity index (χ0n) is 13.7. The molecule has 0 aliphatic rings. The van der Waals surface area contributed by atoms with Gasteiger partial charge < -0.3 is 34.5 Å².